The van der Waals surface area contributed by atoms with Crippen molar-refractivity contribution in [2.24, 2.45) is 21.7 Å². The lowest BCUT2D eigenvalue weighted by Crippen LogP contribution is -2.72. The van der Waals surface area contributed by atoms with Crippen molar-refractivity contribution in [2.75, 3.05) is 0 Å². The van der Waals surface area contributed by atoms with Crippen LogP contribution in [-0.4, -0.2) is 17.5 Å². The molecule has 26 heavy (non-hydrogen) atoms. The first-order chi connectivity index (χ1) is 12.5. The summed E-state index contributed by atoms with van der Waals surface area (Å²) in [5.41, 5.74) is -2.35. The molecule has 0 amide bonds. The lowest BCUT2D eigenvalue weighted by molar-refractivity contribution is -0.355. The van der Waals surface area contributed by atoms with Crippen molar-refractivity contribution in [1.29, 1.82) is 15.9 Å². The maximum atomic E-state index is 13.4. The fourth-order valence-electron chi connectivity index (χ4n) is 5.26. The summed E-state index contributed by atoms with van der Waals surface area (Å²) in [5, 5.41) is 28.9. The minimum absolute atomic E-state index is 0.102. The molecular weight excluding hydrogens is 335 g/mol. The van der Waals surface area contributed by atoms with E-state index in [-0.39, 0.29) is 11.7 Å². The summed E-state index contributed by atoms with van der Waals surface area (Å²) in [6.45, 7) is 0. The average molecular weight is 350 g/mol. The Kier molecular flexibility index (Phi) is 2.79. The molecule has 7 heteroatoms. The van der Waals surface area contributed by atoms with Crippen LogP contribution in [0.5, 0.6) is 0 Å². The fraction of sp³-hybridized carbons (Fsp3) is 0.474. The van der Waals surface area contributed by atoms with E-state index in [4.69, 9.17) is 14.9 Å². The van der Waals surface area contributed by atoms with Gasteiger partial charge in [0.15, 0.2) is 10.8 Å². The number of nitrogens with zero attached hydrogens (tertiary/aromatic N) is 3. The third-order valence-electron chi connectivity index (χ3n) is 6.37. The highest BCUT2D eigenvalue weighted by atomic mass is 19.1. The summed E-state index contributed by atoms with van der Waals surface area (Å²) < 4.78 is 25.8. The lowest BCUT2D eigenvalue weighted by atomic mass is 9.48. The SMILES string of the molecule is N#C[C@@]12C3=NC(=N)[C@]1(C#N)[C@@H]1CCCC[C@]1(O3)O[C@H]2c1ccc(F)cc1. The molecule has 5 atom stereocenters. The Balaban J connectivity index is 1.80. The monoisotopic (exact) mass is 350 g/mol. The predicted molar refractivity (Wildman–Crippen MR) is 87.3 cm³/mol. The first kappa shape index (κ1) is 15.5. The van der Waals surface area contributed by atoms with Crippen molar-refractivity contribution < 1.29 is 13.9 Å². The molecule has 1 aromatic rings. The third kappa shape index (κ3) is 1.42. The number of nitriles is 2. The van der Waals surface area contributed by atoms with Gasteiger partial charge in [0.2, 0.25) is 11.7 Å². The Morgan fingerprint density at radius 3 is 2.58 bits per heavy atom. The second kappa shape index (κ2) is 4.69. The maximum Gasteiger partial charge on any atom is 0.218 e. The van der Waals surface area contributed by atoms with Crippen LogP contribution in [0.15, 0.2) is 29.3 Å². The molecule has 1 aromatic carbocycles. The van der Waals surface area contributed by atoms with Gasteiger partial charge in [0, 0.05) is 6.42 Å². The van der Waals surface area contributed by atoms with E-state index in [2.05, 4.69) is 17.1 Å². The molecule has 1 aliphatic carbocycles. The molecule has 4 heterocycles. The molecule has 1 saturated carbocycles. The number of benzene rings is 1. The van der Waals surface area contributed by atoms with E-state index in [0.717, 1.165) is 12.8 Å². The standard InChI is InChI=1S/C19H15FN4O2/c20-12-6-4-11(5-7-12)14-18(10-22)16-24-15(23)17(18,9-21)13-3-1-2-8-19(13,25-14)26-16/h4-7,13-14,23H,1-3,8H2/t13-,14-,17-,18+,19+/m0/s1. The van der Waals surface area contributed by atoms with Gasteiger partial charge in [-0.15, -0.1) is 0 Å². The number of hydrogen-bond donors (Lipinski definition) is 1. The number of nitrogens with one attached hydrogen (secondary N) is 1. The van der Waals surface area contributed by atoms with Crippen molar-refractivity contribution in [1.82, 2.24) is 0 Å². The number of amidine groups is 1. The van der Waals surface area contributed by atoms with Gasteiger partial charge in [0.1, 0.15) is 17.8 Å². The second-order valence-corrected chi connectivity index (χ2v) is 7.37. The fourth-order valence-corrected chi connectivity index (χ4v) is 5.26. The van der Waals surface area contributed by atoms with E-state index in [1.807, 2.05) is 0 Å². The summed E-state index contributed by atoms with van der Waals surface area (Å²) in [6.07, 6.45) is 2.13. The number of aliphatic imine (C=N–C) groups is 1. The topological polar surface area (TPSA) is 102 Å². The van der Waals surface area contributed by atoms with Crippen LogP contribution < -0.4 is 0 Å². The van der Waals surface area contributed by atoms with Crippen LogP contribution in [-0.2, 0) is 9.47 Å². The van der Waals surface area contributed by atoms with Crippen molar-refractivity contribution in [3.63, 3.8) is 0 Å². The zero-order valence-electron chi connectivity index (χ0n) is 13.8. The second-order valence-electron chi connectivity index (χ2n) is 7.37. The van der Waals surface area contributed by atoms with Crippen LogP contribution in [0.1, 0.15) is 37.4 Å². The number of halogens is 1. The maximum absolute atomic E-state index is 13.4. The number of ether oxygens (including phenoxy) is 2. The van der Waals surface area contributed by atoms with E-state index in [1.165, 1.54) is 12.1 Å². The van der Waals surface area contributed by atoms with Crippen LogP contribution in [0, 0.1) is 50.6 Å². The minimum Gasteiger partial charge on any atom is -0.447 e. The van der Waals surface area contributed by atoms with Gasteiger partial charge in [0.05, 0.1) is 18.1 Å². The lowest BCUT2D eigenvalue weighted by Gasteiger charge is -2.63. The van der Waals surface area contributed by atoms with Crippen molar-refractivity contribution >= 4 is 11.7 Å². The van der Waals surface area contributed by atoms with Gasteiger partial charge < -0.3 is 9.47 Å². The van der Waals surface area contributed by atoms with Gasteiger partial charge in [-0.3, -0.25) is 5.41 Å². The van der Waals surface area contributed by atoms with Crippen molar-refractivity contribution in [2.45, 2.75) is 37.6 Å². The Hall–Kier alpha value is -2.77. The summed E-state index contributed by atoms with van der Waals surface area (Å²) >= 11 is 0. The number of fused-ring (bicyclic) bond motifs is 1. The molecule has 0 radical (unpaired) electrons. The van der Waals surface area contributed by atoms with Crippen LogP contribution >= 0.6 is 0 Å². The van der Waals surface area contributed by atoms with Crippen molar-refractivity contribution in [3.05, 3.63) is 35.6 Å². The van der Waals surface area contributed by atoms with Crippen LogP contribution in [0.3, 0.4) is 0 Å². The summed E-state index contributed by atoms with van der Waals surface area (Å²) in [7, 11) is 0. The molecule has 0 aromatic heterocycles. The van der Waals surface area contributed by atoms with E-state index in [0.29, 0.717) is 18.4 Å². The number of hydrogen-bond acceptors (Lipinski definition) is 5. The summed E-state index contributed by atoms with van der Waals surface area (Å²) in [5.74, 6) is -1.90. The molecular formula is C19H15FN4O2. The molecule has 4 aliphatic heterocycles. The highest BCUT2D eigenvalue weighted by Crippen LogP contribution is 2.72. The molecule has 6 nitrogen and oxygen atoms in total. The first-order valence-corrected chi connectivity index (χ1v) is 8.67. The highest BCUT2D eigenvalue weighted by molar-refractivity contribution is 6.12. The molecule has 6 rings (SSSR count). The Labute approximate surface area is 149 Å². The van der Waals surface area contributed by atoms with E-state index in [9.17, 15) is 14.9 Å². The summed E-state index contributed by atoms with van der Waals surface area (Å²) in [4.78, 5) is 4.21. The average Bonchev–Trinajstić information content (AvgIpc) is 2.85. The Bertz CT molecular complexity index is 946. The Morgan fingerprint density at radius 2 is 1.88 bits per heavy atom. The van der Waals surface area contributed by atoms with E-state index < -0.39 is 34.5 Å². The predicted octanol–water partition coefficient (Wildman–Crippen LogP) is 3.22. The van der Waals surface area contributed by atoms with Crippen LogP contribution in [0.25, 0.3) is 0 Å². The third-order valence-corrected chi connectivity index (χ3v) is 6.37. The van der Waals surface area contributed by atoms with Gasteiger partial charge in [-0.05, 0) is 30.5 Å². The molecule has 1 N–H and O–H groups in total. The smallest absolute Gasteiger partial charge is 0.218 e. The zero-order valence-corrected chi connectivity index (χ0v) is 13.8. The molecule has 4 bridgehead atoms. The molecule has 4 fully saturated rings. The number of rotatable bonds is 1. The normalized spacial score (nSPS) is 42.3. The molecule has 3 saturated heterocycles. The molecule has 0 unspecified atom stereocenters. The van der Waals surface area contributed by atoms with Crippen LogP contribution in [0.2, 0.25) is 0 Å². The Morgan fingerprint density at radius 1 is 1.15 bits per heavy atom. The van der Waals surface area contributed by atoms with Gasteiger partial charge >= 0.3 is 0 Å². The molecule has 5 aliphatic rings. The van der Waals surface area contributed by atoms with E-state index >= 15 is 0 Å². The largest absolute Gasteiger partial charge is 0.447 e. The molecule has 1 spiro atoms. The van der Waals surface area contributed by atoms with Gasteiger partial charge in [0.25, 0.3) is 0 Å². The first-order valence-electron chi connectivity index (χ1n) is 8.67. The van der Waals surface area contributed by atoms with Gasteiger partial charge in [-0.2, -0.15) is 15.5 Å². The van der Waals surface area contributed by atoms with Crippen LogP contribution in [0.4, 0.5) is 4.39 Å². The van der Waals surface area contributed by atoms with Crippen molar-refractivity contribution in [3.8, 4) is 12.1 Å². The van der Waals surface area contributed by atoms with E-state index in [1.54, 1.807) is 12.1 Å². The summed E-state index contributed by atoms with van der Waals surface area (Å²) in [6, 6.07) is 10.3. The zero-order chi connectivity index (χ0) is 18.2. The highest BCUT2D eigenvalue weighted by Gasteiger charge is 2.83. The van der Waals surface area contributed by atoms with Gasteiger partial charge in [-0.1, -0.05) is 18.6 Å². The molecule has 130 valence electrons. The minimum atomic E-state index is -1.53. The quantitative estimate of drug-likeness (QED) is 0.840. The van der Waals surface area contributed by atoms with Gasteiger partial charge in [-0.25, -0.2) is 4.39 Å².